The van der Waals surface area contributed by atoms with Gasteiger partial charge in [0.25, 0.3) is 0 Å². The third-order valence-corrected chi connectivity index (χ3v) is 6.31. The Balaban J connectivity index is 1.64. The Morgan fingerprint density at radius 1 is 0.444 bits per heavy atom. The van der Waals surface area contributed by atoms with Crippen LogP contribution in [0.15, 0.2) is 30.3 Å². The van der Waals surface area contributed by atoms with Crippen molar-refractivity contribution >= 4 is 5.97 Å². The van der Waals surface area contributed by atoms with E-state index in [1.807, 2.05) is 30.3 Å². The number of unbranched alkanes of at least 4 members (excludes halogenated alkanes) is 5. The Morgan fingerprint density at radius 3 is 1.22 bits per heavy atom. The highest BCUT2D eigenvalue weighted by Crippen LogP contribution is 2.07. The number of hydrogen-bond acceptors (Lipinski definition) is 11. The van der Waals surface area contributed by atoms with Gasteiger partial charge in [0.2, 0.25) is 0 Å². The lowest BCUT2D eigenvalue weighted by Crippen LogP contribution is -2.15. The largest absolute Gasteiger partial charge is 0.463 e. The van der Waals surface area contributed by atoms with E-state index >= 15 is 0 Å². The minimum atomic E-state index is -0.141. The number of ether oxygens (including phenoxy) is 10. The molecule has 0 aliphatic carbocycles. The first-order valence-corrected chi connectivity index (χ1v) is 16.7. The molecular weight excluding hydrogens is 584 g/mol. The predicted octanol–water partition coefficient (Wildman–Crippen LogP) is 4.63. The summed E-state index contributed by atoms with van der Waals surface area (Å²) in [7, 11) is 0. The van der Waals surface area contributed by atoms with E-state index in [0.29, 0.717) is 125 Å². The van der Waals surface area contributed by atoms with E-state index in [-0.39, 0.29) is 12.6 Å². The van der Waals surface area contributed by atoms with Crippen LogP contribution in [0.4, 0.5) is 0 Å². The molecule has 0 saturated carbocycles. The minimum Gasteiger partial charge on any atom is -0.463 e. The summed E-state index contributed by atoms with van der Waals surface area (Å²) < 4.78 is 54.5. The van der Waals surface area contributed by atoms with Gasteiger partial charge in [-0.05, 0) is 12.0 Å². The van der Waals surface area contributed by atoms with Crippen molar-refractivity contribution in [3.05, 3.63) is 35.9 Å². The first kappa shape index (κ1) is 41.4. The number of carbonyl (C=O) groups is 1. The standard InChI is InChI=1S/C34H60O11/c1-2-3-4-5-6-10-13-34(35)45-31-30-43-27-26-41-23-22-39-19-18-37-15-14-36-16-17-38-20-21-40-24-25-42-28-29-44-32-33-11-8-7-9-12-33/h7-9,11-12H,2-6,10,13-32H2,1H3. The summed E-state index contributed by atoms with van der Waals surface area (Å²) in [6, 6.07) is 10.1. The van der Waals surface area contributed by atoms with Gasteiger partial charge in [0, 0.05) is 6.42 Å². The lowest BCUT2D eigenvalue weighted by Gasteiger charge is -2.09. The fourth-order valence-corrected chi connectivity index (χ4v) is 3.86. The van der Waals surface area contributed by atoms with Crippen molar-refractivity contribution in [1.29, 1.82) is 0 Å². The van der Waals surface area contributed by atoms with Crippen LogP contribution in [-0.4, -0.2) is 125 Å². The molecule has 1 aromatic rings. The average Bonchev–Trinajstić information content (AvgIpc) is 3.06. The van der Waals surface area contributed by atoms with Gasteiger partial charge < -0.3 is 47.4 Å². The van der Waals surface area contributed by atoms with Crippen molar-refractivity contribution < 1.29 is 52.2 Å². The van der Waals surface area contributed by atoms with Crippen LogP contribution >= 0.6 is 0 Å². The zero-order valence-electron chi connectivity index (χ0n) is 27.8. The second-order valence-electron chi connectivity index (χ2n) is 10.2. The summed E-state index contributed by atoms with van der Waals surface area (Å²) in [6.45, 7) is 11.6. The molecule has 0 radical (unpaired) electrons. The van der Waals surface area contributed by atoms with E-state index in [9.17, 15) is 4.79 Å². The van der Waals surface area contributed by atoms with Crippen LogP contribution in [0.3, 0.4) is 0 Å². The summed E-state index contributed by atoms with van der Waals surface area (Å²) in [5.74, 6) is -0.141. The number of rotatable bonds is 36. The minimum absolute atomic E-state index is 0.141. The van der Waals surface area contributed by atoms with E-state index in [0.717, 1.165) is 18.4 Å². The van der Waals surface area contributed by atoms with Crippen molar-refractivity contribution in [3.63, 3.8) is 0 Å². The summed E-state index contributed by atoms with van der Waals surface area (Å²) in [5.41, 5.74) is 1.16. The molecule has 0 N–H and O–H groups in total. The number of esters is 1. The van der Waals surface area contributed by atoms with Crippen LogP contribution in [0.2, 0.25) is 0 Å². The van der Waals surface area contributed by atoms with E-state index in [1.54, 1.807) is 0 Å². The van der Waals surface area contributed by atoms with Crippen LogP contribution in [0.25, 0.3) is 0 Å². The maximum Gasteiger partial charge on any atom is 0.305 e. The SMILES string of the molecule is CCCCCCCCC(=O)OCCOCCOCCOCCOCCOCCOCCOCCOCCOCc1ccccc1. The molecule has 0 amide bonds. The Labute approximate surface area is 271 Å². The first-order valence-electron chi connectivity index (χ1n) is 16.7. The van der Waals surface area contributed by atoms with Gasteiger partial charge in [-0.25, -0.2) is 0 Å². The zero-order chi connectivity index (χ0) is 32.1. The fourth-order valence-electron chi connectivity index (χ4n) is 3.86. The fraction of sp³-hybridized carbons (Fsp3) is 0.794. The summed E-state index contributed by atoms with van der Waals surface area (Å²) in [5, 5.41) is 0. The van der Waals surface area contributed by atoms with Gasteiger partial charge in [-0.15, -0.1) is 0 Å². The molecule has 45 heavy (non-hydrogen) atoms. The highest BCUT2D eigenvalue weighted by Gasteiger charge is 2.02. The lowest BCUT2D eigenvalue weighted by molar-refractivity contribution is -0.145. The van der Waals surface area contributed by atoms with Gasteiger partial charge in [0.05, 0.1) is 119 Å². The molecule has 0 aliphatic heterocycles. The highest BCUT2D eigenvalue weighted by molar-refractivity contribution is 5.69. The Bertz CT molecular complexity index is 723. The highest BCUT2D eigenvalue weighted by atomic mass is 16.6. The maximum atomic E-state index is 11.7. The monoisotopic (exact) mass is 644 g/mol. The predicted molar refractivity (Wildman–Crippen MR) is 172 cm³/mol. The molecule has 0 aliphatic rings. The van der Waals surface area contributed by atoms with Crippen molar-refractivity contribution in [3.8, 4) is 0 Å². The smallest absolute Gasteiger partial charge is 0.305 e. The second-order valence-corrected chi connectivity index (χ2v) is 10.2. The topological polar surface area (TPSA) is 109 Å². The van der Waals surface area contributed by atoms with Crippen LogP contribution in [0, 0.1) is 0 Å². The van der Waals surface area contributed by atoms with E-state index < -0.39 is 0 Å². The maximum absolute atomic E-state index is 11.7. The Morgan fingerprint density at radius 2 is 0.800 bits per heavy atom. The third-order valence-electron chi connectivity index (χ3n) is 6.31. The van der Waals surface area contributed by atoms with Gasteiger partial charge in [0.1, 0.15) is 6.61 Å². The van der Waals surface area contributed by atoms with Crippen LogP contribution in [-0.2, 0) is 58.8 Å². The number of carbonyl (C=O) groups excluding carboxylic acids is 1. The Hall–Kier alpha value is -1.67. The molecule has 0 heterocycles. The molecule has 0 saturated heterocycles. The van der Waals surface area contributed by atoms with Crippen molar-refractivity contribution in [2.24, 2.45) is 0 Å². The molecular formula is C34H60O11. The van der Waals surface area contributed by atoms with Gasteiger partial charge >= 0.3 is 5.97 Å². The van der Waals surface area contributed by atoms with Gasteiger partial charge in [0.15, 0.2) is 0 Å². The van der Waals surface area contributed by atoms with Crippen LogP contribution in [0.1, 0.15) is 57.4 Å². The van der Waals surface area contributed by atoms with Gasteiger partial charge in [-0.3, -0.25) is 4.79 Å². The molecule has 0 unspecified atom stereocenters. The number of benzene rings is 1. The molecule has 0 atom stereocenters. The summed E-state index contributed by atoms with van der Waals surface area (Å²) in [4.78, 5) is 11.7. The Kier molecular flexibility index (Phi) is 32.3. The third kappa shape index (κ3) is 32.1. The average molecular weight is 645 g/mol. The van der Waals surface area contributed by atoms with Crippen molar-refractivity contribution in [1.82, 2.24) is 0 Å². The van der Waals surface area contributed by atoms with Crippen molar-refractivity contribution in [2.75, 3.05) is 119 Å². The van der Waals surface area contributed by atoms with Crippen LogP contribution < -0.4 is 0 Å². The van der Waals surface area contributed by atoms with Gasteiger partial charge in [-0.1, -0.05) is 69.4 Å². The first-order chi connectivity index (χ1) is 22.3. The van der Waals surface area contributed by atoms with Gasteiger partial charge in [-0.2, -0.15) is 0 Å². The van der Waals surface area contributed by atoms with E-state index in [2.05, 4.69) is 6.92 Å². The van der Waals surface area contributed by atoms with E-state index in [4.69, 9.17) is 47.4 Å². The zero-order valence-corrected chi connectivity index (χ0v) is 27.8. The summed E-state index contributed by atoms with van der Waals surface area (Å²) >= 11 is 0. The molecule has 0 aromatic heterocycles. The lowest BCUT2D eigenvalue weighted by atomic mass is 10.1. The molecule has 0 bridgehead atoms. The molecule has 1 rings (SSSR count). The van der Waals surface area contributed by atoms with Crippen molar-refractivity contribution in [2.45, 2.75) is 58.5 Å². The molecule has 1 aromatic carbocycles. The second kappa shape index (κ2) is 35.2. The number of hydrogen-bond donors (Lipinski definition) is 0. The quantitative estimate of drug-likeness (QED) is 0.0754. The molecule has 0 spiro atoms. The molecule has 0 fully saturated rings. The molecule has 11 heteroatoms. The normalized spacial score (nSPS) is 11.3. The van der Waals surface area contributed by atoms with Crippen LogP contribution in [0.5, 0.6) is 0 Å². The molecule has 11 nitrogen and oxygen atoms in total. The molecule has 262 valence electrons. The van der Waals surface area contributed by atoms with E-state index in [1.165, 1.54) is 25.7 Å². The summed E-state index contributed by atoms with van der Waals surface area (Å²) in [6.07, 6.45) is 7.44.